The van der Waals surface area contributed by atoms with E-state index in [1.165, 1.54) is 0 Å². The largest absolute Gasteiger partial charge is 0.495 e. The van der Waals surface area contributed by atoms with Crippen molar-refractivity contribution < 1.29 is 14.3 Å². The zero-order valence-corrected chi connectivity index (χ0v) is 21.7. The number of carbonyl (C=O) groups is 2. The fourth-order valence-corrected chi connectivity index (χ4v) is 4.58. The number of benzene rings is 2. The van der Waals surface area contributed by atoms with E-state index in [2.05, 4.69) is 28.1 Å². The molecule has 2 amide bonds. The number of amides is 2. The normalized spacial score (nSPS) is 13.5. The minimum atomic E-state index is -0.00198. The first-order chi connectivity index (χ1) is 17.0. The van der Waals surface area contributed by atoms with Gasteiger partial charge < -0.3 is 24.8 Å². The van der Waals surface area contributed by atoms with Crippen molar-refractivity contribution >= 4 is 28.9 Å². The second-order valence-electron chi connectivity index (χ2n) is 8.86. The molecule has 2 aromatic rings. The predicted molar refractivity (Wildman–Crippen MR) is 144 cm³/mol. The van der Waals surface area contributed by atoms with Crippen molar-refractivity contribution in [1.82, 2.24) is 4.90 Å². The standard InChI is InChI=1S/C28H40N4O3/c1-5-8-9-14-27(33)29-22-15-16-24(23(21-22)28(34)30(6-2)7-3)31-17-19-32(20-18-31)25-12-10-11-13-26(25)35-4/h10-13,15-16,21H,5-9,14,17-20H2,1-4H3,(H,29,33). The smallest absolute Gasteiger partial charge is 0.256 e. The van der Waals surface area contributed by atoms with Crippen LogP contribution < -0.4 is 19.9 Å². The molecule has 0 bridgehead atoms. The maximum Gasteiger partial charge on any atom is 0.256 e. The number of hydrogen-bond acceptors (Lipinski definition) is 5. The van der Waals surface area contributed by atoms with Gasteiger partial charge >= 0.3 is 0 Å². The fourth-order valence-electron chi connectivity index (χ4n) is 4.58. The highest BCUT2D eigenvalue weighted by atomic mass is 16.5. The van der Waals surface area contributed by atoms with Gasteiger partial charge in [0.15, 0.2) is 0 Å². The first-order valence-electron chi connectivity index (χ1n) is 12.9. The lowest BCUT2D eigenvalue weighted by molar-refractivity contribution is -0.116. The Kier molecular flexibility index (Phi) is 9.82. The summed E-state index contributed by atoms with van der Waals surface area (Å²) in [5.41, 5.74) is 3.34. The number of rotatable bonds is 11. The van der Waals surface area contributed by atoms with Gasteiger partial charge in [0.05, 0.1) is 18.4 Å². The minimum absolute atomic E-state index is 0.000704. The number of hydrogen-bond donors (Lipinski definition) is 1. The molecule has 2 aromatic carbocycles. The molecule has 0 atom stereocenters. The highest BCUT2D eigenvalue weighted by molar-refractivity contribution is 6.02. The van der Waals surface area contributed by atoms with Crippen LogP contribution in [0, 0.1) is 0 Å². The number of methoxy groups -OCH3 is 1. The Morgan fingerprint density at radius 3 is 2.20 bits per heavy atom. The van der Waals surface area contributed by atoms with Crippen LogP contribution in [0.2, 0.25) is 0 Å². The van der Waals surface area contributed by atoms with Crippen molar-refractivity contribution in [3.05, 3.63) is 48.0 Å². The Hall–Kier alpha value is -3.22. The van der Waals surface area contributed by atoms with E-state index >= 15 is 0 Å². The average molecular weight is 481 g/mol. The SMILES string of the molecule is CCCCCC(=O)Nc1ccc(N2CCN(c3ccccc3OC)CC2)c(C(=O)N(CC)CC)c1. The van der Waals surface area contributed by atoms with Gasteiger partial charge in [0, 0.05) is 57.1 Å². The van der Waals surface area contributed by atoms with Crippen LogP contribution in [0.1, 0.15) is 56.8 Å². The van der Waals surface area contributed by atoms with Crippen molar-refractivity contribution in [3.8, 4) is 5.75 Å². The molecule has 7 heteroatoms. The van der Waals surface area contributed by atoms with Crippen LogP contribution in [-0.4, -0.2) is 63.1 Å². The van der Waals surface area contributed by atoms with Gasteiger partial charge in [-0.2, -0.15) is 0 Å². The monoisotopic (exact) mass is 480 g/mol. The number of unbranched alkanes of at least 4 members (excludes halogenated alkanes) is 2. The Morgan fingerprint density at radius 1 is 0.914 bits per heavy atom. The van der Waals surface area contributed by atoms with Gasteiger partial charge in [0.1, 0.15) is 5.75 Å². The molecule has 35 heavy (non-hydrogen) atoms. The van der Waals surface area contributed by atoms with Crippen LogP contribution in [0.5, 0.6) is 5.75 Å². The van der Waals surface area contributed by atoms with Gasteiger partial charge in [-0.1, -0.05) is 31.9 Å². The molecule has 0 spiro atoms. The molecule has 0 saturated carbocycles. The topological polar surface area (TPSA) is 65.1 Å². The van der Waals surface area contributed by atoms with E-state index in [-0.39, 0.29) is 11.8 Å². The number of anilines is 3. The van der Waals surface area contributed by atoms with E-state index in [1.807, 2.05) is 55.1 Å². The third kappa shape index (κ3) is 6.68. The molecule has 190 valence electrons. The zero-order chi connectivity index (χ0) is 25.2. The molecule has 3 rings (SSSR count). The van der Waals surface area contributed by atoms with Crippen LogP contribution >= 0.6 is 0 Å². The van der Waals surface area contributed by atoms with Gasteiger partial charge in [0.2, 0.25) is 5.91 Å². The van der Waals surface area contributed by atoms with Crippen LogP contribution in [0.25, 0.3) is 0 Å². The molecule has 1 fully saturated rings. The molecular weight excluding hydrogens is 440 g/mol. The summed E-state index contributed by atoms with van der Waals surface area (Å²) in [7, 11) is 1.70. The highest BCUT2D eigenvalue weighted by Gasteiger charge is 2.25. The Morgan fingerprint density at radius 2 is 1.57 bits per heavy atom. The lowest BCUT2D eigenvalue weighted by Crippen LogP contribution is -2.47. The van der Waals surface area contributed by atoms with Gasteiger partial charge in [-0.25, -0.2) is 0 Å². The zero-order valence-electron chi connectivity index (χ0n) is 21.7. The lowest BCUT2D eigenvalue weighted by Gasteiger charge is -2.38. The van der Waals surface area contributed by atoms with Crippen LogP contribution in [0.4, 0.5) is 17.1 Å². The molecule has 1 aliphatic heterocycles. The van der Waals surface area contributed by atoms with Crippen LogP contribution in [0.15, 0.2) is 42.5 Å². The summed E-state index contributed by atoms with van der Waals surface area (Å²) in [5, 5.41) is 2.99. The molecule has 1 heterocycles. The number of ether oxygens (including phenoxy) is 1. The van der Waals surface area contributed by atoms with Crippen LogP contribution in [-0.2, 0) is 4.79 Å². The lowest BCUT2D eigenvalue weighted by atomic mass is 10.1. The van der Waals surface area contributed by atoms with Crippen LogP contribution in [0.3, 0.4) is 0 Å². The summed E-state index contributed by atoms with van der Waals surface area (Å²) in [5.74, 6) is 0.870. The number of nitrogens with one attached hydrogen (secondary N) is 1. The summed E-state index contributed by atoms with van der Waals surface area (Å²) in [4.78, 5) is 32.3. The quantitative estimate of drug-likeness (QED) is 0.458. The second-order valence-corrected chi connectivity index (χ2v) is 8.86. The van der Waals surface area contributed by atoms with E-state index in [1.54, 1.807) is 7.11 Å². The average Bonchev–Trinajstić information content (AvgIpc) is 2.89. The molecule has 1 saturated heterocycles. The molecule has 0 radical (unpaired) electrons. The van der Waals surface area contributed by atoms with Crippen molar-refractivity contribution in [1.29, 1.82) is 0 Å². The third-order valence-corrected chi connectivity index (χ3v) is 6.61. The van der Waals surface area contributed by atoms with E-state index in [0.29, 0.717) is 30.8 Å². The summed E-state index contributed by atoms with van der Waals surface area (Å²) < 4.78 is 5.55. The van der Waals surface area contributed by atoms with Crippen molar-refractivity contribution in [3.63, 3.8) is 0 Å². The van der Waals surface area contributed by atoms with E-state index in [0.717, 1.165) is 62.6 Å². The molecular formula is C28H40N4O3. The van der Waals surface area contributed by atoms with Crippen molar-refractivity contribution in [2.24, 2.45) is 0 Å². The Labute approximate surface area is 210 Å². The van der Waals surface area contributed by atoms with Crippen molar-refractivity contribution in [2.75, 3.05) is 61.5 Å². The van der Waals surface area contributed by atoms with Gasteiger partial charge in [-0.15, -0.1) is 0 Å². The molecule has 1 aliphatic rings. The molecule has 1 N–H and O–H groups in total. The van der Waals surface area contributed by atoms with E-state index in [4.69, 9.17) is 4.74 Å². The summed E-state index contributed by atoms with van der Waals surface area (Å²) in [6.07, 6.45) is 3.50. The number of piperazine rings is 1. The first kappa shape index (κ1) is 26.4. The summed E-state index contributed by atoms with van der Waals surface area (Å²) >= 11 is 0. The van der Waals surface area contributed by atoms with Gasteiger partial charge in [0.25, 0.3) is 5.91 Å². The second kappa shape index (κ2) is 13.0. The maximum atomic E-state index is 13.4. The highest BCUT2D eigenvalue weighted by Crippen LogP contribution is 2.31. The molecule has 7 nitrogen and oxygen atoms in total. The molecule has 0 aromatic heterocycles. The van der Waals surface area contributed by atoms with Crippen molar-refractivity contribution in [2.45, 2.75) is 46.5 Å². The van der Waals surface area contributed by atoms with E-state index in [9.17, 15) is 9.59 Å². The number of para-hydroxylation sites is 2. The number of carbonyl (C=O) groups excluding carboxylic acids is 2. The van der Waals surface area contributed by atoms with Gasteiger partial charge in [-0.3, -0.25) is 9.59 Å². The first-order valence-corrected chi connectivity index (χ1v) is 12.9. The Bertz CT molecular complexity index is 982. The third-order valence-electron chi connectivity index (χ3n) is 6.61. The predicted octanol–water partition coefficient (Wildman–Crippen LogP) is 5.02. The summed E-state index contributed by atoms with van der Waals surface area (Å²) in [6, 6.07) is 13.8. The maximum absolute atomic E-state index is 13.4. The minimum Gasteiger partial charge on any atom is -0.495 e. The number of nitrogens with zero attached hydrogens (tertiary/aromatic N) is 3. The Balaban J connectivity index is 1.80. The fraction of sp³-hybridized carbons (Fsp3) is 0.500. The molecule has 0 aliphatic carbocycles. The summed E-state index contributed by atoms with van der Waals surface area (Å²) in [6.45, 7) is 10.6. The molecule has 0 unspecified atom stereocenters. The van der Waals surface area contributed by atoms with Gasteiger partial charge in [-0.05, 0) is 50.6 Å². The van der Waals surface area contributed by atoms with E-state index < -0.39 is 0 Å².